The van der Waals surface area contributed by atoms with Gasteiger partial charge in [-0.3, -0.25) is 4.79 Å². The molecule has 2 aromatic heterocycles. The van der Waals surface area contributed by atoms with Crippen LogP contribution in [0.25, 0.3) is 27.7 Å². The molecule has 0 amide bonds. The molecule has 0 radical (unpaired) electrons. The van der Waals surface area contributed by atoms with E-state index in [1.807, 2.05) is 0 Å². The number of carbonyl (C=O) groups is 1. The number of benzene rings is 1. The minimum Gasteiger partial charge on any atom is -0.504 e. The fraction of sp³-hybridized carbons (Fsp3) is 0.0625. The molecule has 0 spiro atoms. The number of hydrogen-bond donors (Lipinski definition) is 1. The van der Waals surface area contributed by atoms with Crippen LogP contribution in [0.5, 0.6) is 5.75 Å². The Morgan fingerprint density at radius 1 is 1.30 bits per heavy atom. The largest absolute Gasteiger partial charge is 0.504 e. The second-order valence-electron chi connectivity index (χ2n) is 4.81. The van der Waals surface area contributed by atoms with Crippen molar-refractivity contribution >= 4 is 57.3 Å². The zero-order valence-electron chi connectivity index (χ0n) is 11.9. The maximum Gasteiger partial charge on any atom is 0.163 e. The molecule has 1 N–H and O–H groups in total. The minimum absolute atomic E-state index is 0.0637. The summed E-state index contributed by atoms with van der Waals surface area (Å²) in [6, 6.07) is 5.09. The first-order chi connectivity index (χ1) is 11.0. The topological polar surface area (TPSA) is 63.1 Å². The van der Waals surface area contributed by atoms with Crippen LogP contribution in [0.4, 0.5) is 0 Å². The summed E-state index contributed by atoms with van der Waals surface area (Å²) in [6.07, 6.45) is 3.04. The lowest BCUT2D eigenvalue weighted by atomic mass is 10.2. The van der Waals surface area contributed by atoms with Gasteiger partial charge in [0.05, 0.1) is 16.2 Å². The van der Waals surface area contributed by atoms with E-state index in [1.165, 1.54) is 24.3 Å². The highest BCUT2D eigenvalue weighted by Gasteiger charge is 2.17. The normalized spacial score (nSPS) is 11.4. The third kappa shape index (κ3) is 3.22. The standard InChI is InChI=1S/C16H10Cl2N2O2S/c1-8(21)2-4-10-7-23-16(19-10)14-15(22)13(18)11-6-9(17)3-5-12(11)20-14/h2-7,22H,1H3/b4-2+. The number of ketones is 1. The van der Waals surface area contributed by atoms with Gasteiger partial charge in [0.15, 0.2) is 11.5 Å². The summed E-state index contributed by atoms with van der Waals surface area (Å²) in [7, 11) is 0. The van der Waals surface area contributed by atoms with Crippen LogP contribution in [-0.2, 0) is 4.79 Å². The molecule has 3 aromatic rings. The van der Waals surface area contributed by atoms with Gasteiger partial charge in [-0.05, 0) is 37.3 Å². The second kappa shape index (κ2) is 6.28. The maximum atomic E-state index is 11.0. The Morgan fingerprint density at radius 3 is 2.83 bits per heavy atom. The molecule has 116 valence electrons. The number of hydrogen-bond acceptors (Lipinski definition) is 5. The van der Waals surface area contributed by atoms with Gasteiger partial charge in [-0.15, -0.1) is 11.3 Å². The Labute approximate surface area is 146 Å². The highest BCUT2D eigenvalue weighted by atomic mass is 35.5. The minimum atomic E-state index is -0.141. The van der Waals surface area contributed by atoms with E-state index in [9.17, 15) is 9.90 Å². The molecule has 1 aromatic carbocycles. The predicted octanol–water partition coefficient (Wildman–Crippen LogP) is 4.97. The van der Waals surface area contributed by atoms with Crippen molar-refractivity contribution in [2.45, 2.75) is 6.92 Å². The zero-order valence-corrected chi connectivity index (χ0v) is 14.2. The van der Waals surface area contributed by atoms with Crippen LogP contribution in [0.1, 0.15) is 12.6 Å². The molecule has 0 unspecified atom stereocenters. The number of allylic oxidation sites excluding steroid dienone is 1. The molecule has 0 saturated carbocycles. The molecule has 0 aliphatic heterocycles. The van der Waals surface area contributed by atoms with Crippen LogP contribution in [0, 0.1) is 0 Å². The van der Waals surface area contributed by atoms with Crippen LogP contribution < -0.4 is 0 Å². The number of fused-ring (bicyclic) bond motifs is 1. The van der Waals surface area contributed by atoms with E-state index >= 15 is 0 Å². The first-order valence-corrected chi connectivity index (χ1v) is 8.21. The molecule has 0 atom stereocenters. The summed E-state index contributed by atoms with van der Waals surface area (Å²) in [5, 5.41) is 13.9. The number of carbonyl (C=O) groups excluding carboxylic acids is 1. The van der Waals surface area contributed by atoms with Crippen molar-refractivity contribution in [3.63, 3.8) is 0 Å². The lowest BCUT2D eigenvalue weighted by Gasteiger charge is -2.07. The maximum absolute atomic E-state index is 11.0. The molecule has 0 bridgehead atoms. The molecule has 0 saturated heterocycles. The van der Waals surface area contributed by atoms with E-state index < -0.39 is 0 Å². The van der Waals surface area contributed by atoms with E-state index in [-0.39, 0.29) is 16.6 Å². The summed E-state index contributed by atoms with van der Waals surface area (Å²) in [5.41, 5.74) is 1.54. The number of halogens is 2. The monoisotopic (exact) mass is 364 g/mol. The van der Waals surface area contributed by atoms with E-state index in [2.05, 4.69) is 9.97 Å². The van der Waals surface area contributed by atoms with E-state index in [0.717, 1.165) is 0 Å². The lowest BCUT2D eigenvalue weighted by Crippen LogP contribution is -1.89. The van der Waals surface area contributed by atoms with Crippen LogP contribution in [0.2, 0.25) is 10.0 Å². The predicted molar refractivity (Wildman–Crippen MR) is 94.3 cm³/mol. The van der Waals surface area contributed by atoms with Crippen molar-refractivity contribution in [2.75, 3.05) is 0 Å². The molecule has 0 aliphatic rings. The highest BCUT2D eigenvalue weighted by molar-refractivity contribution is 7.13. The fourth-order valence-electron chi connectivity index (χ4n) is 2.01. The number of rotatable bonds is 3. The average molecular weight is 365 g/mol. The Hall–Kier alpha value is -1.95. The van der Waals surface area contributed by atoms with Gasteiger partial charge in [0.25, 0.3) is 0 Å². The quantitative estimate of drug-likeness (QED) is 0.666. The Kier molecular flexibility index (Phi) is 4.35. The molecular formula is C16H10Cl2N2O2S. The number of aromatic nitrogens is 2. The van der Waals surface area contributed by atoms with Gasteiger partial charge < -0.3 is 5.11 Å². The Balaban J connectivity index is 2.11. The molecule has 2 heterocycles. The molecule has 4 nitrogen and oxygen atoms in total. The van der Waals surface area contributed by atoms with Gasteiger partial charge in [-0.25, -0.2) is 9.97 Å². The van der Waals surface area contributed by atoms with Crippen molar-refractivity contribution in [1.82, 2.24) is 9.97 Å². The Bertz CT molecular complexity index is 951. The summed E-state index contributed by atoms with van der Waals surface area (Å²) in [5.74, 6) is -0.205. The first-order valence-electron chi connectivity index (χ1n) is 6.58. The third-order valence-electron chi connectivity index (χ3n) is 3.07. The van der Waals surface area contributed by atoms with Gasteiger partial charge >= 0.3 is 0 Å². The molecular weight excluding hydrogens is 355 g/mol. The smallest absolute Gasteiger partial charge is 0.163 e. The second-order valence-corrected chi connectivity index (χ2v) is 6.48. The average Bonchev–Trinajstić information content (AvgIpc) is 2.98. The van der Waals surface area contributed by atoms with Crippen LogP contribution >= 0.6 is 34.5 Å². The van der Waals surface area contributed by atoms with Gasteiger partial charge in [-0.1, -0.05) is 23.2 Å². The SMILES string of the molecule is CC(=O)/C=C/c1csc(-c2nc3ccc(Cl)cc3c(Cl)c2O)n1. The zero-order chi connectivity index (χ0) is 16.6. The van der Waals surface area contributed by atoms with Crippen molar-refractivity contribution < 1.29 is 9.90 Å². The lowest BCUT2D eigenvalue weighted by molar-refractivity contribution is -0.112. The Morgan fingerprint density at radius 2 is 2.09 bits per heavy atom. The third-order valence-corrected chi connectivity index (χ3v) is 4.56. The van der Waals surface area contributed by atoms with Gasteiger partial charge in [0.1, 0.15) is 10.7 Å². The van der Waals surface area contributed by atoms with Crippen LogP contribution in [0.15, 0.2) is 29.7 Å². The molecule has 23 heavy (non-hydrogen) atoms. The van der Waals surface area contributed by atoms with Gasteiger partial charge in [-0.2, -0.15) is 0 Å². The van der Waals surface area contributed by atoms with E-state index in [1.54, 1.807) is 29.7 Å². The molecule has 7 heteroatoms. The number of aromatic hydroxyl groups is 1. The number of nitrogens with zero attached hydrogens (tertiary/aromatic N) is 2. The van der Waals surface area contributed by atoms with Crippen molar-refractivity contribution in [1.29, 1.82) is 0 Å². The van der Waals surface area contributed by atoms with Crippen molar-refractivity contribution in [2.24, 2.45) is 0 Å². The number of pyridine rings is 1. The van der Waals surface area contributed by atoms with Crippen molar-refractivity contribution in [3.8, 4) is 16.5 Å². The van der Waals surface area contributed by atoms with E-state index in [4.69, 9.17) is 23.2 Å². The molecule has 0 aliphatic carbocycles. The fourth-order valence-corrected chi connectivity index (χ4v) is 3.20. The molecule has 3 rings (SSSR count). The molecule has 0 fully saturated rings. The summed E-state index contributed by atoms with van der Waals surface area (Å²) >= 11 is 13.5. The van der Waals surface area contributed by atoms with Crippen LogP contribution in [0.3, 0.4) is 0 Å². The van der Waals surface area contributed by atoms with Crippen molar-refractivity contribution in [3.05, 3.63) is 45.4 Å². The summed E-state index contributed by atoms with van der Waals surface area (Å²) in [6.45, 7) is 1.46. The van der Waals surface area contributed by atoms with E-state index in [0.29, 0.717) is 32.3 Å². The first kappa shape index (κ1) is 15.9. The van der Waals surface area contributed by atoms with Gasteiger partial charge in [0, 0.05) is 15.8 Å². The summed E-state index contributed by atoms with van der Waals surface area (Å²) < 4.78 is 0. The number of thiazole rings is 1. The highest BCUT2D eigenvalue weighted by Crippen LogP contribution is 2.40. The summed E-state index contributed by atoms with van der Waals surface area (Å²) in [4.78, 5) is 19.7. The van der Waals surface area contributed by atoms with Crippen LogP contribution in [-0.4, -0.2) is 20.9 Å². The van der Waals surface area contributed by atoms with Gasteiger partial charge in [0.2, 0.25) is 0 Å².